The molecule has 1 saturated carbocycles. The van der Waals surface area contributed by atoms with Gasteiger partial charge in [-0.05, 0) is 31.7 Å². The standard InChI is InChI=1S/C22H34N4O4Si/c1-31(2,3)11-10-30-15-26-13-17(19-20(26)23-12-18(24-19)16-4-5-16)21(28)25-22(14-27)6-8-29-9-7-22/h12-13,16,27H,4-11,14-15H2,1-3H3,(H,25,28). The number of aliphatic hydroxyl groups is 1. The highest BCUT2D eigenvalue weighted by Crippen LogP contribution is 2.39. The van der Waals surface area contributed by atoms with Gasteiger partial charge in [0.15, 0.2) is 5.65 Å². The Morgan fingerprint density at radius 1 is 1.35 bits per heavy atom. The maximum Gasteiger partial charge on any atom is 0.255 e. The van der Waals surface area contributed by atoms with E-state index in [1.54, 1.807) is 6.20 Å². The van der Waals surface area contributed by atoms with Crippen molar-refractivity contribution in [2.24, 2.45) is 0 Å². The zero-order chi connectivity index (χ0) is 22.1. The van der Waals surface area contributed by atoms with Crippen molar-refractivity contribution in [3.8, 4) is 0 Å². The third-order valence-electron chi connectivity index (χ3n) is 6.18. The van der Waals surface area contributed by atoms with Gasteiger partial charge in [-0.15, -0.1) is 0 Å². The number of fused-ring (bicyclic) bond motifs is 1. The molecule has 1 aliphatic carbocycles. The van der Waals surface area contributed by atoms with Crippen LogP contribution >= 0.6 is 0 Å². The fraction of sp³-hybridized carbons (Fsp3) is 0.682. The Bertz CT molecular complexity index is 929. The van der Waals surface area contributed by atoms with Gasteiger partial charge in [0.05, 0.1) is 29.6 Å². The van der Waals surface area contributed by atoms with Crippen LogP contribution in [0.15, 0.2) is 12.4 Å². The minimum Gasteiger partial charge on any atom is -0.394 e. The second-order valence-corrected chi connectivity index (χ2v) is 15.7. The summed E-state index contributed by atoms with van der Waals surface area (Å²) in [6, 6.07) is 1.08. The van der Waals surface area contributed by atoms with E-state index >= 15 is 0 Å². The van der Waals surface area contributed by atoms with Crippen LogP contribution in [0.5, 0.6) is 0 Å². The van der Waals surface area contributed by atoms with Gasteiger partial charge in [-0.25, -0.2) is 9.97 Å². The van der Waals surface area contributed by atoms with Crippen molar-refractivity contribution < 1.29 is 19.4 Å². The number of nitrogens with zero attached hydrogens (tertiary/aromatic N) is 3. The van der Waals surface area contributed by atoms with Crippen LogP contribution < -0.4 is 5.32 Å². The number of hydrogen-bond donors (Lipinski definition) is 2. The highest BCUT2D eigenvalue weighted by atomic mass is 28.3. The summed E-state index contributed by atoms with van der Waals surface area (Å²) in [5, 5.41) is 13.0. The SMILES string of the molecule is C[Si](C)(C)CCOCn1cc(C(=O)NC2(CO)CCOCC2)c2nc(C3CC3)cnc21. The molecule has 3 heterocycles. The third kappa shape index (κ3) is 5.34. The second-order valence-electron chi connectivity index (χ2n) is 10.1. The van der Waals surface area contributed by atoms with E-state index in [1.807, 2.05) is 10.8 Å². The molecule has 4 rings (SSSR count). The average Bonchev–Trinajstić information content (AvgIpc) is 3.53. The van der Waals surface area contributed by atoms with Gasteiger partial charge in [0.25, 0.3) is 5.91 Å². The van der Waals surface area contributed by atoms with Gasteiger partial charge in [-0.1, -0.05) is 19.6 Å². The number of carbonyl (C=O) groups is 1. The largest absolute Gasteiger partial charge is 0.394 e. The first-order valence-electron chi connectivity index (χ1n) is 11.2. The lowest BCUT2D eigenvalue weighted by molar-refractivity contribution is 0.0125. The molecule has 2 aromatic heterocycles. The summed E-state index contributed by atoms with van der Waals surface area (Å²) in [6.45, 7) is 8.94. The lowest BCUT2D eigenvalue weighted by Crippen LogP contribution is -2.54. The Labute approximate surface area is 184 Å². The Morgan fingerprint density at radius 3 is 2.74 bits per heavy atom. The van der Waals surface area contributed by atoms with Crippen LogP contribution in [-0.2, 0) is 16.2 Å². The average molecular weight is 447 g/mol. The molecule has 0 atom stereocenters. The van der Waals surface area contributed by atoms with Gasteiger partial charge in [0, 0.05) is 40.0 Å². The molecule has 0 radical (unpaired) electrons. The first kappa shape index (κ1) is 22.4. The Morgan fingerprint density at radius 2 is 2.10 bits per heavy atom. The summed E-state index contributed by atoms with van der Waals surface area (Å²) >= 11 is 0. The highest BCUT2D eigenvalue weighted by Gasteiger charge is 2.35. The molecule has 31 heavy (non-hydrogen) atoms. The molecule has 1 saturated heterocycles. The number of carbonyl (C=O) groups excluding carboxylic acids is 1. The highest BCUT2D eigenvalue weighted by molar-refractivity contribution is 6.76. The molecule has 2 aliphatic rings. The fourth-order valence-corrected chi connectivity index (χ4v) is 4.60. The van der Waals surface area contributed by atoms with Crippen molar-refractivity contribution in [1.82, 2.24) is 19.9 Å². The van der Waals surface area contributed by atoms with E-state index in [0.717, 1.165) is 24.6 Å². The van der Waals surface area contributed by atoms with E-state index in [9.17, 15) is 9.90 Å². The predicted molar refractivity (Wildman–Crippen MR) is 121 cm³/mol. The smallest absolute Gasteiger partial charge is 0.255 e. The molecular formula is C22H34N4O4Si. The zero-order valence-corrected chi connectivity index (χ0v) is 19.8. The van der Waals surface area contributed by atoms with Gasteiger partial charge in [0.1, 0.15) is 12.2 Å². The summed E-state index contributed by atoms with van der Waals surface area (Å²) in [5.74, 6) is 0.215. The Hall–Kier alpha value is -1.81. The molecule has 0 bridgehead atoms. The second kappa shape index (κ2) is 8.97. The molecule has 170 valence electrons. The molecule has 0 spiro atoms. The maximum absolute atomic E-state index is 13.3. The zero-order valence-electron chi connectivity index (χ0n) is 18.8. The van der Waals surface area contributed by atoms with Crippen LogP contribution in [0.3, 0.4) is 0 Å². The van der Waals surface area contributed by atoms with Gasteiger partial charge in [-0.3, -0.25) is 4.79 Å². The van der Waals surface area contributed by atoms with Gasteiger partial charge >= 0.3 is 0 Å². The van der Waals surface area contributed by atoms with Gasteiger partial charge in [-0.2, -0.15) is 0 Å². The van der Waals surface area contributed by atoms with E-state index in [2.05, 4.69) is 29.9 Å². The van der Waals surface area contributed by atoms with Crippen molar-refractivity contribution in [2.45, 2.75) is 69.6 Å². The number of nitrogens with one attached hydrogen (secondary N) is 1. The minimum atomic E-state index is -1.17. The molecule has 2 aromatic rings. The van der Waals surface area contributed by atoms with Crippen molar-refractivity contribution in [3.63, 3.8) is 0 Å². The van der Waals surface area contributed by atoms with E-state index in [0.29, 0.717) is 62.0 Å². The van der Waals surface area contributed by atoms with E-state index in [-0.39, 0.29) is 12.5 Å². The lowest BCUT2D eigenvalue weighted by atomic mass is 9.90. The first-order valence-corrected chi connectivity index (χ1v) is 15.0. The number of rotatable bonds is 9. The molecule has 2 fully saturated rings. The molecule has 9 heteroatoms. The van der Waals surface area contributed by atoms with Crippen molar-refractivity contribution in [2.75, 3.05) is 26.4 Å². The first-order chi connectivity index (χ1) is 14.8. The predicted octanol–water partition coefficient (Wildman–Crippen LogP) is 2.89. The molecule has 1 aliphatic heterocycles. The van der Waals surface area contributed by atoms with Crippen LogP contribution in [0.4, 0.5) is 0 Å². The summed E-state index contributed by atoms with van der Waals surface area (Å²) < 4.78 is 13.2. The summed E-state index contributed by atoms with van der Waals surface area (Å²) in [7, 11) is -1.17. The lowest BCUT2D eigenvalue weighted by Gasteiger charge is -2.36. The fourth-order valence-electron chi connectivity index (χ4n) is 3.84. The maximum atomic E-state index is 13.3. The van der Waals surface area contributed by atoms with E-state index in [4.69, 9.17) is 14.5 Å². The topological polar surface area (TPSA) is 98.5 Å². The van der Waals surface area contributed by atoms with Crippen LogP contribution in [0.2, 0.25) is 25.7 Å². The van der Waals surface area contributed by atoms with Crippen LogP contribution in [0.25, 0.3) is 11.2 Å². The van der Waals surface area contributed by atoms with Crippen LogP contribution in [-0.4, -0.2) is 65.6 Å². The van der Waals surface area contributed by atoms with E-state index < -0.39 is 13.6 Å². The number of aliphatic hydroxyl groups excluding tert-OH is 1. The minimum absolute atomic E-state index is 0.112. The molecular weight excluding hydrogens is 412 g/mol. The van der Waals surface area contributed by atoms with Gasteiger partial charge in [0.2, 0.25) is 0 Å². The summed E-state index contributed by atoms with van der Waals surface area (Å²) in [4.78, 5) is 22.7. The number of aromatic nitrogens is 3. The molecule has 0 aromatic carbocycles. The monoisotopic (exact) mass is 446 g/mol. The number of ether oxygens (including phenoxy) is 2. The van der Waals surface area contributed by atoms with Gasteiger partial charge < -0.3 is 24.5 Å². The Balaban J connectivity index is 1.58. The van der Waals surface area contributed by atoms with Crippen molar-refractivity contribution >= 4 is 25.1 Å². The van der Waals surface area contributed by atoms with Crippen LogP contribution in [0, 0.1) is 0 Å². The molecule has 2 N–H and O–H groups in total. The van der Waals surface area contributed by atoms with E-state index in [1.165, 1.54) is 0 Å². The normalized spacial score (nSPS) is 19.0. The molecule has 0 unspecified atom stereocenters. The Kier molecular flexibility index (Phi) is 6.48. The van der Waals surface area contributed by atoms with Crippen molar-refractivity contribution in [1.29, 1.82) is 0 Å². The molecule has 1 amide bonds. The number of amides is 1. The van der Waals surface area contributed by atoms with Crippen molar-refractivity contribution in [3.05, 3.63) is 23.7 Å². The number of hydrogen-bond acceptors (Lipinski definition) is 6. The summed E-state index contributed by atoms with van der Waals surface area (Å²) in [5.41, 5.74) is 2.04. The quantitative estimate of drug-likeness (QED) is 0.454. The third-order valence-corrected chi connectivity index (χ3v) is 7.89. The van der Waals surface area contributed by atoms with Crippen LogP contribution in [0.1, 0.15) is 47.7 Å². The molecule has 8 nitrogen and oxygen atoms in total. The summed E-state index contributed by atoms with van der Waals surface area (Å²) in [6.07, 6.45) is 7.04.